The number of esters is 1. The Kier molecular flexibility index (Phi) is 12.5. The van der Waals surface area contributed by atoms with E-state index in [1.54, 1.807) is 36.3 Å². The van der Waals surface area contributed by atoms with Crippen molar-refractivity contribution in [1.82, 2.24) is 15.3 Å². The summed E-state index contributed by atoms with van der Waals surface area (Å²) in [4.78, 5) is 64.5. The van der Waals surface area contributed by atoms with E-state index in [9.17, 15) is 19.2 Å². The van der Waals surface area contributed by atoms with E-state index in [4.69, 9.17) is 19.2 Å². The Labute approximate surface area is 316 Å². The SMILES string of the molecule is CC[C@@H]1C(=O)N(C)c2cnc(Nc3ccc(C(=O)Nc4ccc(CCC[C@H](NC(=O)OC)C(=O)OC5CCCC5)cc4)cc3OC)nc2N1C1CCCC1. The van der Waals surface area contributed by atoms with Crippen LogP contribution in [0.2, 0.25) is 0 Å². The fourth-order valence-electron chi connectivity index (χ4n) is 7.67. The number of benzene rings is 2. The van der Waals surface area contributed by atoms with Gasteiger partial charge in [0.05, 0.1) is 26.1 Å². The van der Waals surface area contributed by atoms with Crippen molar-refractivity contribution in [3.8, 4) is 5.75 Å². The highest BCUT2D eigenvalue weighted by atomic mass is 16.6. The first-order valence-electron chi connectivity index (χ1n) is 19.0. The summed E-state index contributed by atoms with van der Waals surface area (Å²) in [5.41, 5.74) is 3.32. The van der Waals surface area contributed by atoms with Crippen molar-refractivity contribution in [2.24, 2.45) is 0 Å². The van der Waals surface area contributed by atoms with Gasteiger partial charge in [0.2, 0.25) is 11.9 Å². The first-order valence-corrected chi connectivity index (χ1v) is 19.0. The van der Waals surface area contributed by atoms with Gasteiger partial charge in [-0.3, -0.25) is 9.59 Å². The topological polar surface area (TPSA) is 164 Å². The molecule has 1 aliphatic heterocycles. The molecule has 2 atom stereocenters. The van der Waals surface area contributed by atoms with Gasteiger partial charge in [-0.15, -0.1) is 0 Å². The third-order valence-electron chi connectivity index (χ3n) is 10.6. The van der Waals surface area contributed by atoms with Crippen LogP contribution in [0, 0.1) is 0 Å². The fraction of sp³-hybridized carbons (Fsp3) is 0.500. The summed E-state index contributed by atoms with van der Waals surface area (Å²) >= 11 is 0. The molecule has 2 aliphatic carbocycles. The number of carbonyl (C=O) groups is 4. The molecule has 0 saturated heterocycles. The molecule has 6 rings (SSSR count). The van der Waals surface area contributed by atoms with Crippen molar-refractivity contribution in [3.05, 3.63) is 59.8 Å². The lowest BCUT2D eigenvalue weighted by atomic mass is 10.0. The summed E-state index contributed by atoms with van der Waals surface area (Å²) in [7, 11) is 4.57. The molecule has 14 nitrogen and oxygen atoms in total. The van der Waals surface area contributed by atoms with Gasteiger partial charge in [-0.2, -0.15) is 4.98 Å². The minimum absolute atomic E-state index is 0.0574. The molecule has 54 heavy (non-hydrogen) atoms. The molecule has 3 aromatic rings. The quantitative estimate of drug-likeness (QED) is 0.154. The monoisotopic (exact) mass is 741 g/mol. The summed E-state index contributed by atoms with van der Waals surface area (Å²) < 4.78 is 16.0. The number of carbonyl (C=O) groups excluding carboxylic acids is 4. The van der Waals surface area contributed by atoms with Crippen LogP contribution in [0.25, 0.3) is 0 Å². The zero-order valence-corrected chi connectivity index (χ0v) is 31.6. The van der Waals surface area contributed by atoms with Gasteiger partial charge in [0, 0.05) is 24.3 Å². The van der Waals surface area contributed by atoms with E-state index in [1.807, 2.05) is 31.2 Å². The standard InChI is InChI=1S/C40H51N7O7/c1-5-32-37(49)46(2)33-24-41-39(45-35(33)47(32)28-12-6-7-13-28)43-30-22-19-26(23-34(30)52-3)36(48)42-27-20-17-25(18-21-27)11-10-16-31(44-40(51)53-4)38(50)54-29-14-8-9-15-29/h17-24,28-29,31-32H,5-16H2,1-4H3,(H,42,48)(H,44,51)(H,41,43,45)/t31-,32+/m0/s1. The first kappa shape index (κ1) is 38.3. The number of likely N-dealkylation sites (N-methyl/N-ethyl adjacent to an activating group) is 1. The lowest BCUT2D eigenvalue weighted by molar-refractivity contribution is -0.151. The highest BCUT2D eigenvalue weighted by Crippen LogP contribution is 2.40. The highest BCUT2D eigenvalue weighted by molar-refractivity contribution is 6.05. The maximum absolute atomic E-state index is 13.3. The van der Waals surface area contributed by atoms with Crippen LogP contribution >= 0.6 is 0 Å². The maximum atomic E-state index is 13.3. The van der Waals surface area contributed by atoms with E-state index >= 15 is 0 Å². The number of methoxy groups -OCH3 is 2. The van der Waals surface area contributed by atoms with Crippen molar-refractivity contribution in [1.29, 1.82) is 0 Å². The molecule has 1 aromatic heterocycles. The minimum atomic E-state index is -0.782. The van der Waals surface area contributed by atoms with E-state index in [0.29, 0.717) is 60.0 Å². The lowest BCUT2D eigenvalue weighted by Gasteiger charge is -2.43. The van der Waals surface area contributed by atoms with Crippen LogP contribution in [-0.4, -0.2) is 79.3 Å². The second-order valence-electron chi connectivity index (χ2n) is 14.2. The van der Waals surface area contributed by atoms with Gasteiger partial charge in [0.25, 0.3) is 5.91 Å². The third kappa shape index (κ3) is 8.86. The average Bonchev–Trinajstić information content (AvgIpc) is 3.92. The average molecular weight is 742 g/mol. The van der Waals surface area contributed by atoms with E-state index < -0.39 is 18.1 Å². The number of hydrogen-bond acceptors (Lipinski definition) is 11. The molecule has 3 amide bonds. The number of rotatable bonds is 14. The molecule has 3 N–H and O–H groups in total. The van der Waals surface area contributed by atoms with Crippen LogP contribution in [0.1, 0.15) is 93.5 Å². The number of nitrogens with one attached hydrogen (secondary N) is 3. The van der Waals surface area contributed by atoms with Crippen molar-refractivity contribution in [2.75, 3.05) is 41.7 Å². The van der Waals surface area contributed by atoms with Gasteiger partial charge in [-0.25, -0.2) is 14.6 Å². The van der Waals surface area contributed by atoms with Crippen LogP contribution < -0.4 is 30.5 Å². The zero-order valence-electron chi connectivity index (χ0n) is 31.6. The number of hydrogen-bond donors (Lipinski definition) is 3. The Bertz CT molecular complexity index is 1810. The number of aromatic nitrogens is 2. The zero-order chi connectivity index (χ0) is 38.2. The predicted molar refractivity (Wildman–Crippen MR) is 206 cm³/mol. The van der Waals surface area contributed by atoms with Crippen molar-refractivity contribution in [3.63, 3.8) is 0 Å². The summed E-state index contributed by atoms with van der Waals surface area (Å²) in [5.74, 6) is 0.874. The van der Waals surface area contributed by atoms with E-state index in [2.05, 4.69) is 25.8 Å². The summed E-state index contributed by atoms with van der Waals surface area (Å²) in [6, 6.07) is 11.8. The van der Waals surface area contributed by atoms with Gasteiger partial charge in [-0.1, -0.05) is 31.9 Å². The minimum Gasteiger partial charge on any atom is -0.495 e. The van der Waals surface area contributed by atoms with Crippen molar-refractivity contribution < 1.29 is 33.4 Å². The Hall–Kier alpha value is -5.40. The summed E-state index contributed by atoms with van der Waals surface area (Å²) in [5, 5.41) is 8.81. The van der Waals surface area contributed by atoms with Gasteiger partial charge in [-0.05, 0) is 100 Å². The number of amides is 3. The van der Waals surface area contributed by atoms with Crippen LogP contribution in [0.4, 0.5) is 33.6 Å². The molecule has 0 unspecified atom stereocenters. The molecular weight excluding hydrogens is 690 g/mol. The predicted octanol–water partition coefficient (Wildman–Crippen LogP) is 6.52. The highest BCUT2D eigenvalue weighted by Gasteiger charge is 2.41. The molecule has 0 radical (unpaired) electrons. The Morgan fingerprint density at radius 2 is 1.70 bits per heavy atom. The van der Waals surface area contributed by atoms with Crippen LogP contribution in [0.3, 0.4) is 0 Å². The molecule has 3 aliphatic rings. The molecule has 0 spiro atoms. The van der Waals surface area contributed by atoms with Crippen LogP contribution in [0.15, 0.2) is 48.7 Å². The van der Waals surface area contributed by atoms with E-state index in [0.717, 1.165) is 62.7 Å². The lowest BCUT2D eigenvalue weighted by Crippen LogP contribution is -2.55. The molecule has 2 heterocycles. The molecule has 14 heteroatoms. The van der Waals surface area contributed by atoms with E-state index in [1.165, 1.54) is 14.2 Å². The number of aryl methyl sites for hydroxylation is 1. The van der Waals surface area contributed by atoms with Gasteiger partial charge >= 0.3 is 12.1 Å². The normalized spacial score (nSPS) is 17.9. The molecule has 0 bridgehead atoms. The van der Waals surface area contributed by atoms with Gasteiger partial charge in [0.1, 0.15) is 29.6 Å². The Morgan fingerprint density at radius 3 is 2.39 bits per heavy atom. The Balaban J connectivity index is 1.07. The second kappa shape index (κ2) is 17.6. The van der Waals surface area contributed by atoms with E-state index in [-0.39, 0.29) is 30.0 Å². The largest absolute Gasteiger partial charge is 0.495 e. The molecule has 2 saturated carbocycles. The van der Waals surface area contributed by atoms with Crippen molar-refractivity contribution in [2.45, 2.75) is 108 Å². The Morgan fingerprint density at radius 1 is 0.981 bits per heavy atom. The maximum Gasteiger partial charge on any atom is 0.407 e. The second-order valence-corrected chi connectivity index (χ2v) is 14.2. The van der Waals surface area contributed by atoms with Crippen molar-refractivity contribution >= 4 is 52.7 Å². The fourth-order valence-corrected chi connectivity index (χ4v) is 7.67. The number of alkyl carbamates (subject to hydrolysis) is 1. The summed E-state index contributed by atoms with van der Waals surface area (Å²) in [6.45, 7) is 2.03. The van der Waals surface area contributed by atoms with Gasteiger partial charge in [0.15, 0.2) is 5.82 Å². The molecule has 2 aromatic carbocycles. The molecule has 288 valence electrons. The van der Waals surface area contributed by atoms with Crippen LogP contribution in [-0.2, 0) is 25.5 Å². The van der Waals surface area contributed by atoms with Gasteiger partial charge < -0.3 is 40.0 Å². The number of fused-ring (bicyclic) bond motifs is 1. The summed E-state index contributed by atoms with van der Waals surface area (Å²) in [6.07, 6.45) is 11.4. The van der Waals surface area contributed by atoms with Crippen LogP contribution in [0.5, 0.6) is 5.75 Å². The third-order valence-corrected chi connectivity index (χ3v) is 10.6. The number of anilines is 5. The molecule has 2 fully saturated rings. The number of ether oxygens (including phenoxy) is 3. The molecular formula is C40H51N7O7. The smallest absolute Gasteiger partial charge is 0.407 e. The number of nitrogens with zero attached hydrogens (tertiary/aromatic N) is 4. The first-order chi connectivity index (χ1) is 26.2.